The lowest BCUT2D eigenvalue weighted by Crippen LogP contribution is -2.34. The van der Waals surface area contributed by atoms with Gasteiger partial charge in [-0.1, -0.05) is 0 Å². The zero-order valence-corrected chi connectivity index (χ0v) is 10.5. The molecule has 0 aliphatic heterocycles. The second-order valence-corrected chi connectivity index (χ2v) is 5.47. The molecule has 4 nitrogen and oxygen atoms in total. The van der Waals surface area contributed by atoms with E-state index in [4.69, 9.17) is 0 Å². The molecule has 1 heterocycles. The van der Waals surface area contributed by atoms with Gasteiger partial charge in [0.1, 0.15) is 0 Å². The highest BCUT2D eigenvalue weighted by Gasteiger charge is 2.22. The van der Waals surface area contributed by atoms with Crippen LogP contribution in [0, 0.1) is 13.8 Å². The molecule has 0 unspecified atom stereocenters. The maximum absolute atomic E-state index is 11.4. The van der Waals surface area contributed by atoms with E-state index in [1.807, 2.05) is 13.8 Å². The molecule has 1 aliphatic carbocycles. The van der Waals surface area contributed by atoms with E-state index >= 15 is 0 Å². The van der Waals surface area contributed by atoms with Crippen LogP contribution < -0.4 is 10.6 Å². The average Bonchev–Trinajstić information content (AvgIpc) is 2.94. The predicted octanol–water partition coefficient (Wildman–Crippen LogP) is 1.13. The van der Waals surface area contributed by atoms with Crippen LogP contribution in [0.15, 0.2) is 0 Å². The van der Waals surface area contributed by atoms with Crippen molar-refractivity contribution in [3.05, 3.63) is 15.6 Å². The maximum atomic E-state index is 11.4. The molecule has 5 heteroatoms. The van der Waals surface area contributed by atoms with Crippen molar-refractivity contribution in [3.63, 3.8) is 0 Å². The molecule has 2 rings (SSSR count). The lowest BCUT2D eigenvalue weighted by Gasteiger charge is -2.04. The van der Waals surface area contributed by atoms with Gasteiger partial charge in [0, 0.05) is 17.5 Å². The topological polar surface area (TPSA) is 54.0 Å². The molecule has 1 fully saturated rings. The fourth-order valence-electron chi connectivity index (χ4n) is 1.53. The van der Waals surface area contributed by atoms with E-state index in [2.05, 4.69) is 15.6 Å². The number of amides is 1. The normalized spacial score (nSPS) is 15.1. The molecule has 0 saturated heterocycles. The fourth-order valence-corrected chi connectivity index (χ4v) is 2.44. The minimum atomic E-state index is 0.0985. The Morgan fingerprint density at radius 3 is 2.81 bits per heavy atom. The number of carbonyl (C=O) groups excluding carboxylic acids is 1. The maximum Gasteiger partial charge on any atom is 0.234 e. The molecular formula is C11H17N3OS. The number of nitrogens with one attached hydrogen (secondary N) is 2. The van der Waals surface area contributed by atoms with Gasteiger partial charge in [0.2, 0.25) is 5.91 Å². The van der Waals surface area contributed by atoms with E-state index in [9.17, 15) is 4.79 Å². The van der Waals surface area contributed by atoms with E-state index in [1.54, 1.807) is 11.3 Å². The molecule has 0 spiro atoms. The Bertz CT molecular complexity index is 385. The first-order valence-electron chi connectivity index (χ1n) is 5.58. The highest BCUT2D eigenvalue weighted by Crippen LogP contribution is 2.18. The zero-order chi connectivity index (χ0) is 11.5. The van der Waals surface area contributed by atoms with Gasteiger partial charge >= 0.3 is 0 Å². The van der Waals surface area contributed by atoms with E-state index in [-0.39, 0.29) is 5.91 Å². The summed E-state index contributed by atoms with van der Waals surface area (Å²) in [5.74, 6) is 0.0985. The molecule has 1 aliphatic rings. The van der Waals surface area contributed by atoms with Gasteiger partial charge < -0.3 is 10.6 Å². The Morgan fingerprint density at radius 1 is 1.50 bits per heavy atom. The van der Waals surface area contributed by atoms with Crippen LogP contribution in [0.1, 0.15) is 28.4 Å². The molecule has 1 aromatic heterocycles. The summed E-state index contributed by atoms with van der Waals surface area (Å²) in [5.41, 5.74) is 1.07. The number of hydrogen-bond acceptors (Lipinski definition) is 4. The van der Waals surface area contributed by atoms with Gasteiger partial charge in [0.05, 0.1) is 17.2 Å². The summed E-state index contributed by atoms with van der Waals surface area (Å²) in [7, 11) is 0. The largest absolute Gasteiger partial charge is 0.352 e. The molecule has 2 N–H and O–H groups in total. The standard InChI is InChI=1S/C11H17N3OS/c1-7-10(16-8(2)13-7)5-12-6-11(15)14-9-3-4-9/h9,12H,3-6H2,1-2H3,(H,14,15). The number of hydrogen-bond donors (Lipinski definition) is 2. The van der Waals surface area contributed by atoms with Crippen LogP contribution in [0.5, 0.6) is 0 Å². The van der Waals surface area contributed by atoms with Gasteiger partial charge in [-0.25, -0.2) is 4.98 Å². The second-order valence-electron chi connectivity index (χ2n) is 4.19. The third-order valence-corrected chi connectivity index (χ3v) is 3.59. The molecule has 88 valence electrons. The summed E-state index contributed by atoms with van der Waals surface area (Å²) in [5, 5.41) is 7.17. The summed E-state index contributed by atoms with van der Waals surface area (Å²) in [6.07, 6.45) is 2.28. The summed E-state index contributed by atoms with van der Waals surface area (Å²) in [4.78, 5) is 17.0. The van der Waals surface area contributed by atoms with Crippen LogP contribution in [-0.2, 0) is 11.3 Å². The first kappa shape index (κ1) is 11.5. The van der Waals surface area contributed by atoms with Crippen LogP contribution in [0.4, 0.5) is 0 Å². The van der Waals surface area contributed by atoms with Gasteiger partial charge in [0.15, 0.2) is 0 Å². The summed E-state index contributed by atoms with van der Waals surface area (Å²) in [6, 6.07) is 0.446. The summed E-state index contributed by atoms with van der Waals surface area (Å²) < 4.78 is 0. The van der Waals surface area contributed by atoms with Crippen molar-refractivity contribution in [2.24, 2.45) is 0 Å². The van der Waals surface area contributed by atoms with Gasteiger partial charge in [-0.2, -0.15) is 0 Å². The summed E-state index contributed by atoms with van der Waals surface area (Å²) in [6.45, 7) is 5.13. The average molecular weight is 239 g/mol. The number of aryl methyl sites for hydroxylation is 2. The van der Waals surface area contributed by atoms with Gasteiger partial charge in [0.25, 0.3) is 0 Å². The Kier molecular flexibility index (Phi) is 3.56. The van der Waals surface area contributed by atoms with Crippen LogP contribution in [-0.4, -0.2) is 23.5 Å². The third kappa shape index (κ3) is 3.28. The first-order valence-corrected chi connectivity index (χ1v) is 6.40. The number of aromatic nitrogens is 1. The van der Waals surface area contributed by atoms with Crippen molar-refractivity contribution in [3.8, 4) is 0 Å². The van der Waals surface area contributed by atoms with Crippen LogP contribution in [0.25, 0.3) is 0 Å². The molecule has 1 aromatic rings. The van der Waals surface area contributed by atoms with Crippen molar-refractivity contribution >= 4 is 17.2 Å². The quantitative estimate of drug-likeness (QED) is 0.810. The van der Waals surface area contributed by atoms with Crippen LogP contribution in [0.3, 0.4) is 0 Å². The van der Waals surface area contributed by atoms with Crippen molar-refractivity contribution in [1.82, 2.24) is 15.6 Å². The van der Waals surface area contributed by atoms with Gasteiger partial charge in [-0.05, 0) is 26.7 Å². The van der Waals surface area contributed by atoms with Gasteiger partial charge in [-0.3, -0.25) is 4.79 Å². The fraction of sp³-hybridized carbons (Fsp3) is 0.636. The van der Waals surface area contributed by atoms with E-state index in [0.717, 1.165) is 30.1 Å². The minimum Gasteiger partial charge on any atom is -0.352 e. The Labute approximate surface area is 99.5 Å². The second kappa shape index (κ2) is 4.93. The molecule has 0 radical (unpaired) electrons. The van der Waals surface area contributed by atoms with E-state index in [0.29, 0.717) is 12.6 Å². The lowest BCUT2D eigenvalue weighted by molar-refractivity contribution is -0.120. The molecule has 1 amide bonds. The molecular weight excluding hydrogens is 222 g/mol. The molecule has 1 saturated carbocycles. The Morgan fingerprint density at radius 2 is 2.25 bits per heavy atom. The minimum absolute atomic E-state index is 0.0985. The monoisotopic (exact) mass is 239 g/mol. The highest BCUT2D eigenvalue weighted by atomic mass is 32.1. The molecule has 0 bridgehead atoms. The van der Waals surface area contributed by atoms with Crippen molar-refractivity contribution in [2.75, 3.05) is 6.54 Å². The Hall–Kier alpha value is -0.940. The smallest absolute Gasteiger partial charge is 0.234 e. The third-order valence-electron chi connectivity index (χ3n) is 2.51. The van der Waals surface area contributed by atoms with Crippen molar-refractivity contribution in [2.45, 2.75) is 39.3 Å². The molecule has 0 atom stereocenters. The van der Waals surface area contributed by atoms with Crippen molar-refractivity contribution < 1.29 is 4.79 Å². The number of nitrogens with zero attached hydrogens (tertiary/aromatic N) is 1. The number of rotatable bonds is 5. The van der Waals surface area contributed by atoms with Gasteiger partial charge in [-0.15, -0.1) is 11.3 Å². The first-order chi connectivity index (χ1) is 7.65. The zero-order valence-electron chi connectivity index (χ0n) is 9.67. The van der Waals surface area contributed by atoms with E-state index in [1.165, 1.54) is 4.88 Å². The lowest BCUT2D eigenvalue weighted by atomic mass is 10.4. The SMILES string of the molecule is Cc1nc(C)c(CNCC(=O)NC2CC2)s1. The number of thiazole rings is 1. The molecule has 16 heavy (non-hydrogen) atoms. The van der Waals surface area contributed by atoms with Crippen LogP contribution >= 0.6 is 11.3 Å². The highest BCUT2D eigenvalue weighted by molar-refractivity contribution is 7.11. The molecule has 0 aromatic carbocycles. The van der Waals surface area contributed by atoms with Crippen LogP contribution in [0.2, 0.25) is 0 Å². The predicted molar refractivity (Wildman–Crippen MR) is 64.5 cm³/mol. The summed E-state index contributed by atoms with van der Waals surface area (Å²) >= 11 is 1.69. The van der Waals surface area contributed by atoms with E-state index < -0.39 is 0 Å². The number of carbonyl (C=O) groups is 1. The Balaban J connectivity index is 1.70. The van der Waals surface area contributed by atoms with Crippen molar-refractivity contribution in [1.29, 1.82) is 0 Å².